The summed E-state index contributed by atoms with van der Waals surface area (Å²) in [6.07, 6.45) is 0. The summed E-state index contributed by atoms with van der Waals surface area (Å²) in [6.45, 7) is 12.5. The Hall–Kier alpha value is -1.96. The SMILES string of the molecule is Cc1ccccc1CS(=O)(=O)N1CCN(CC(=O)c2cc(C)n(C(C)C)c2C)CC1. The number of carbonyl (C=O) groups excluding carboxylic acids is 1. The summed E-state index contributed by atoms with van der Waals surface area (Å²) in [5, 5.41) is 0. The van der Waals surface area contributed by atoms with Crippen molar-refractivity contribution >= 4 is 15.8 Å². The Morgan fingerprint density at radius 1 is 1.03 bits per heavy atom. The van der Waals surface area contributed by atoms with E-state index in [1.165, 1.54) is 0 Å². The Labute approximate surface area is 180 Å². The van der Waals surface area contributed by atoms with Crippen molar-refractivity contribution in [2.45, 2.75) is 46.4 Å². The Balaban J connectivity index is 1.60. The van der Waals surface area contributed by atoms with Crippen molar-refractivity contribution in [3.05, 3.63) is 58.4 Å². The lowest BCUT2D eigenvalue weighted by atomic mass is 10.1. The molecule has 0 unspecified atom stereocenters. The Bertz CT molecular complexity index is 1020. The summed E-state index contributed by atoms with van der Waals surface area (Å²) in [5.74, 6) is 0.131. The first-order valence-electron chi connectivity index (χ1n) is 10.6. The van der Waals surface area contributed by atoms with Gasteiger partial charge in [0, 0.05) is 49.2 Å². The van der Waals surface area contributed by atoms with Crippen molar-refractivity contribution in [1.29, 1.82) is 0 Å². The molecule has 1 aliphatic heterocycles. The van der Waals surface area contributed by atoms with Gasteiger partial charge in [-0.3, -0.25) is 9.69 Å². The fraction of sp³-hybridized carbons (Fsp3) is 0.522. The van der Waals surface area contributed by atoms with Crippen molar-refractivity contribution in [2.75, 3.05) is 32.7 Å². The molecule has 6 nitrogen and oxygen atoms in total. The van der Waals surface area contributed by atoms with Gasteiger partial charge in [0.15, 0.2) is 5.78 Å². The first-order chi connectivity index (χ1) is 14.1. The van der Waals surface area contributed by atoms with Gasteiger partial charge in [0.05, 0.1) is 12.3 Å². The molecule has 164 valence electrons. The number of nitrogens with zero attached hydrogens (tertiary/aromatic N) is 3. The molecule has 1 saturated heterocycles. The molecule has 1 fully saturated rings. The van der Waals surface area contributed by atoms with Crippen molar-refractivity contribution < 1.29 is 13.2 Å². The van der Waals surface area contributed by atoms with E-state index in [1.807, 2.05) is 51.1 Å². The highest BCUT2D eigenvalue weighted by Gasteiger charge is 2.29. The predicted octanol–water partition coefficient (Wildman–Crippen LogP) is 3.32. The normalized spacial score (nSPS) is 16.3. The second-order valence-electron chi connectivity index (χ2n) is 8.53. The number of carbonyl (C=O) groups is 1. The third-order valence-electron chi connectivity index (χ3n) is 5.99. The number of ketones is 1. The number of hydrogen-bond donors (Lipinski definition) is 0. The van der Waals surface area contributed by atoms with E-state index in [0.29, 0.717) is 38.8 Å². The third-order valence-corrected chi connectivity index (χ3v) is 7.82. The minimum Gasteiger partial charge on any atom is -0.346 e. The highest BCUT2D eigenvalue weighted by Crippen LogP contribution is 2.21. The number of piperazine rings is 1. The molecule has 7 heteroatoms. The van der Waals surface area contributed by atoms with Crippen LogP contribution in [0.15, 0.2) is 30.3 Å². The molecule has 0 bridgehead atoms. The monoisotopic (exact) mass is 431 g/mol. The molecule has 2 heterocycles. The van der Waals surface area contributed by atoms with Crippen LogP contribution in [-0.2, 0) is 15.8 Å². The first kappa shape index (κ1) is 22.7. The van der Waals surface area contributed by atoms with Gasteiger partial charge in [-0.05, 0) is 51.8 Å². The number of aromatic nitrogens is 1. The molecule has 1 aromatic carbocycles. The fourth-order valence-corrected chi connectivity index (χ4v) is 5.99. The van der Waals surface area contributed by atoms with Gasteiger partial charge in [0.1, 0.15) is 0 Å². The van der Waals surface area contributed by atoms with Crippen LogP contribution in [0.4, 0.5) is 0 Å². The van der Waals surface area contributed by atoms with Crippen molar-refractivity contribution in [3.63, 3.8) is 0 Å². The van der Waals surface area contributed by atoms with E-state index in [1.54, 1.807) is 4.31 Å². The highest BCUT2D eigenvalue weighted by atomic mass is 32.2. The zero-order chi connectivity index (χ0) is 22.1. The number of sulfonamides is 1. The molecule has 2 aromatic rings. The highest BCUT2D eigenvalue weighted by molar-refractivity contribution is 7.88. The maximum atomic E-state index is 12.9. The van der Waals surface area contributed by atoms with E-state index in [2.05, 4.69) is 23.3 Å². The van der Waals surface area contributed by atoms with Crippen molar-refractivity contribution in [3.8, 4) is 0 Å². The molecule has 0 aliphatic carbocycles. The first-order valence-corrected chi connectivity index (χ1v) is 12.2. The van der Waals surface area contributed by atoms with Gasteiger partial charge in [0.2, 0.25) is 10.0 Å². The summed E-state index contributed by atoms with van der Waals surface area (Å²) in [4.78, 5) is 15.0. The van der Waals surface area contributed by atoms with Crippen LogP contribution in [0, 0.1) is 20.8 Å². The number of aryl methyl sites for hydroxylation is 2. The Morgan fingerprint density at radius 2 is 1.67 bits per heavy atom. The molecule has 0 N–H and O–H groups in total. The summed E-state index contributed by atoms with van der Waals surface area (Å²) in [6, 6.07) is 9.88. The van der Waals surface area contributed by atoms with Crippen LogP contribution in [0.25, 0.3) is 0 Å². The van der Waals surface area contributed by atoms with Crippen molar-refractivity contribution in [1.82, 2.24) is 13.8 Å². The lowest BCUT2D eigenvalue weighted by molar-refractivity contribution is 0.0901. The van der Waals surface area contributed by atoms with Crippen LogP contribution >= 0.6 is 0 Å². The fourth-order valence-electron chi connectivity index (χ4n) is 4.37. The van der Waals surface area contributed by atoms with Gasteiger partial charge >= 0.3 is 0 Å². The van der Waals surface area contributed by atoms with E-state index in [-0.39, 0.29) is 11.5 Å². The topological polar surface area (TPSA) is 62.6 Å². The van der Waals surface area contributed by atoms with E-state index in [0.717, 1.165) is 28.1 Å². The summed E-state index contributed by atoms with van der Waals surface area (Å²) in [5.41, 5.74) is 4.71. The second-order valence-corrected chi connectivity index (χ2v) is 10.5. The molecule has 0 saturated carbocycles. The largest absolute Gasteiger partial charge is 0.346 e. The Morgan fingerprint density at radius 3 is 2.23 bits per heavy atom. The molecule has 30 heavy (non-hydrogen) atoms. The van der Waals surface area contributed by atoms with E-state index in [9.17, 15) is 13.2 Å². The number of hydrogen-bond acceptors (Lipinski definition) is 4. The van der Waals surface area contributed by atoms with E-state index >= 15 is 0 Å². The molecule has 0 spiro atoms. The van der Waals surface area contributed by atoms with Crippen LogP contribution in [-0.4, -0.2) is 60.7 Å². The maximum Gasteiger partial charge on any atom is 0.218 e. The molecule has 0 amide bonds. The molecule has 1 aromatic heterocycles. The quantitative estimate of drug-likeness (QED) is 0.631. The molecule has 1 aliphatic rings. The zero-order valence-corrected chi connectivity index (χ0v) is 19.5. The number of rotatable bonds is 7. The lowest BCUT2D eigenvalue weighted by Crippen LogP contribution is -2.50. The van der Waals surface area contributed by atoms with Gasteiger partial charge in [-0.2, -0.15) is 4.31 Å². The van der Waals surface area contributed by atoms with E-state index in [4.69, 9.17) is 0 Å². The standard InChI is InChI=1S/C23H33N3O3S/c1-17(2)26-19(4)14-22(20(26)5)23(27)15-24-10-12-25(13-11-24)30(28,29)16-21-9-7-6-8-18(21)3/h6-9,14,17H,10-13,15-16H2,1-5H3. The minimum absolute atomic E-state index is 0.0276. The lowest BCUT2D eigenvalue weighted by Gasteiger charge is -2.33. The number of Topliss-reactive ketones (excluding diaryl/α,β-unsaturated/α-hetero) is 1. The average Bonchev–Trinajstić information content (AvgIpc) is 2.98. The molecular formula is C23H33N3O3S. The van der Waals surface area contributed by atoms with Crippen molar-refractivity contribution in [2.24, 2.45) is 0 Å². The second kappa shape index (κ2) is 9.04. The maximum absolute atomic E-state index is 12.9. The molecule has 0 atom stereocenters. The third kappa shape index (κ3) is 4.85. The molecule has 0 radical (unpaired) electrons. The summed E-state index contributed by atoms with van der Waals surface area (Å²) < 4.78 is 29.4. The van der Waals surface area contributed by atoms with Gasteiger partial charge < -0.3 is 4.57 Å². The molecular weight excluding hydrogens is 398 g/mol. The van der Waals surface area contributed by atoms with Gasteiger partial charge in [-0.15, -0.1) is 0 Å². The van der Waals surface area contributed by atoms with Crippen LogP contribution in [0.2, 0.25) is 0 Å². The predicted molar refractivity (Wildman–Crippen MR) is 120 cm³/mol. The van der Waals surface area contributed by atoms with Gasteiger partial charge in [-0.1, -0.05) is 24.3 Å². The smallest absolute Gasteiger partial charge is 0.218 e. The van der Waals surface area contributed by atoms with Gasteiger partial charge in [-0.25, -0.2) is 8.42 Å². The number of benzene rings is 1. The van der Waals surface area contributed by atoms with Crippen LogP contribution in [0.5, 0.6) is 0 Å². The van der Waals surface area contributed by atoms with E-state index < -0.39 is 10.0 Å². The van der Waals surface area contributed by atoms with Crippen LogP contribution in [0.1, 0.15) is 52.8 Å². The zero-order valence-electron chi connectivity index (χ0n) is 18.7. The summed E-state index contributed by atoms with van der Waals surface area (Å²) in [7, 11) is -3.36. The molecule has 3 rings (SSSR count). The van der Waals surface area contributed by atoms with Crippen LogP contribution in [0.3, 0.4) is 0 Å². The van der Waals surface area contributed by atoms with Gasteiger partial charge in [0.25, 0.3) is 0 Å². The average molecular weight is 432 g/mol. The summed E-state index contributed by atoms with van der Waals surface area (Å²) >= 11 is 0. The minimum atomic E-state index is -3.36. The van der Waals surface area contributed by atoms with Crippen LogP contribution < -0.4 is 0 Å². The Kier molecular flexibility index (Phi) is 6.84.